The second-order valence-corrected chi connectivity index (χ2v) is 8.87. The summed E-state index contributed by atoms with van der Waals surface area (Å²) in [5.74, 6) is 1.29. The number of halogens is 1. The Hall–Kier alpha value is -2.18. The third kappa shape index (κ3) is 3.47. The van der Waals surface area contributed by atoms with Crippen LogP contribution in [0.15, 0.2) is 42.5 Å². The molecule has 0 bridgehead atoms. The van der Waals surface area contributed by atoms with Crippen LogP contribution in [0.2, 0.25) is 0 Å². The molecule has 1 atom stereocenters. The summed E-state index contributed by atoms with van der Waals surface area (Å²) in [5, 5.41) is 1.14. The molecule has 0 N–H and O–H groups in total. The molecule has 3 heterocycles. The first-order chi connectivity index (χ1) is 13.7. The highest BCUT2D eigenvalue weighted by Gasteiger charge is 2.29. The van der Waals surface area contributed by atoms with Crippen LogP contribution >= 0.6 is 11.3 Å². The molecular formula is C22H24FN3OS. The molecule has 146 valence electrons. The van der Waals surface area contributed by atoms with Crippen LogP contribution in [0.1, 0.15) is 18.4 Å². The van der Waals surface area contributed by atoms with Gasteiger partial charge in [0.2, 0.25) is 0 Å². The molecule has 0 amide bonds. The lowest BCUT2D eigenvalue weighted by Crippen LogP contribution is -2.42. The predicted molar refractivity (Wildman–Crippen MR) is 112 cm³/mol. The maximum atomic E-state index is 13.4. The zero-order valence-corrected chi connectivity index (χ0v) is 16.8. The zero-order chi connectivity index (χ0) is 19.1. The van der Waals surface area contributed by atoms with E-state index in [9.17, 15) is 4.39 Å². The molecule has 1 unspecified atom stereocenters. The molecular weight excluding hydrogens is 373 g/mol. The lowest BCUT2D eigenvalue weighted by atomic mass is 9.96. The smallest absolute Gasteiger partial charge is 0.186 e. The maximum absolute atomic E-state index is 13.4. The second-order valence-electron chi connectivity index (χ2n) is 7.86. The van der Waals surface area contributed by atoms with E-state index in [1.807, 2.05) is 6.07 Å². The summed E-state index contributed by atoms with van der Waals surface area (Å²) in [6.45, 7) is 3.11. The summed E-state index contributed by atoms with van der Waals surface area (Å²) >= 11 is 1.79. The summed E-state index contributed by atoms with van der Waals surface area (Å²) in [7, 11) is 2.12. The second kappa shape index (κ2) is 7.33. The van der Waals surface area contributed by atoms with Crippen molar-refractivity contribution < 1.29 is 9.13 Å². The van der Waals surface area contributed by atoms with Gasteiger partial charge in [0.05, 0.1) is 10.2 Å². The third-order valence-corrected chi connectivity index (χ3v) is 6.98. The van der Waals surface area contributed by atoms with Crippen molar-refractivity contribution in [3.63, 3.8) is 0 Å². The lowest BCUT2D eigenvalue weighted by Gasteiger charge is -2.35. The Bertz CT molecular complexity index is 950. The summed E-state index contributed by atoms with van der Waals surface area (Å²) in [5.41, 5.74) is 2.07. The fraction of sp³-hybridized carbons (Fsp3) is 0.409. The van der Waals surface area contributed by atoms with E-state index in [0.29, 0.717) is 5.92 Å². The molecule has 5 rings (SSSR count). The standard InChI is InChI=1S/C22H24FN3OS/c1-25(21-13-16-12-17(23)6-7-19(16)27-21)14-15-8-10-26(11-9-15)22-24-18-4-2-3-5-20(18)28-22/h2-7,12,15,21H,8-11,13-14H2,1H3. The van der Waals surface area contributed by atoms with E-state index in [-0.39, 0.29) is 12.0 Å². The van der Waals surface area contributed by atoms with Gasteiger partial charge in [0.15, 0.2) is 11.4 Å². The molecule has 3 aromatic rings. The molecule has 2 aliphatic rings. The van der Waals surface area contributed by atoms with E-state index >= 15 is 0 Å². The van der Waals surface area contributed by atoms with E-state index in [0.717, 1.165) is 60.9 Å². The molecule has 0 spiro atoms. The molecule has 1 aromatic heterocycles. The Kier molecular flexibility index (Phi) is 4.69. The summed E-state index contributed by atoms with van der Waals surface area (Å²) in [4.78, 5) is 9.51. The number of benzene rings is 2. The number of hydrogen-bond donors (Lipinski definition) is 0. The number of aromatic nitrogens is 1. The monoisotopic (exact) mass is 397 g/mol. The number of anilines is 1. The first-order valence-corrected chi connectivity index (χ1v) is 10.7. The number of likely N-dealkylation sites (N-methyl/N-ethyl adjacent to an activating group) is 1. The number of thiazole rings is 1. The van der Waals surface area contributed by atoms with Crippen molar-refractivity contribution in [1.82, 2.24) is 9.88 Å². The number of fused-ring (bicyclic) bond motifs is 2. The van der Waals surface area contributed by atoms with Crippen molar-refractivity contribution in [3.05, 3.63) is 53.8 Å². The number of piperidine rings is 1. The Balaban J connectivity index is 1.16. The van der Waals surface area contributed by atoms with Crippen LogP contribution in [0.5, 0.6) is 5.75 Å². The molecule has 6 heteroatoms. The highest BCUT2D eigenvalue weighted by atomic mass is 32.1. The predicted octanol–water partition coefficient (Wildman–Crippen LogP) is 4.54. The van der Waals surface area contributed by atoms with Gasteiger partial charge in [0.25, 0.3) is 0 Å². The fourth-order valence-corrected chi connectivity index (χ4v) is 5.29. The van der Waals surface area contributed by atoms with Crippen molar-refractivity contribution in [1.29, 1.82) is 0 Å². The number of rotatable bonds is 4. The van der Waals surface area contributed by atoms with Crippen LogP contribution < -0.4 is 9.64 Å². The van der Waals surface area contributed by atoms with E-state index in [1.54, 1.807) is 23.5 Å². The molecule has 1 saturated heterocycles. The zero-order valence-electron chi connectivity index (χ0n) is 16.0. The van der Waals surface area contributed by atoms with Gasteiger partial charge in [0.1, 0.15) is 11.6 Å². The average Bonchev–Trinajstić information content (AvgIpc) is 3.32. The minimum Gasteiger partial charge on any atom is -0.474 e. The topological polar surface area (TPSA) is 28.6 Å². The molecule has 4 nitrogen and oxygen atoms in total. The third-order valence-electron chi connectivity index (χ3n) is 5.89. The highest BCUT2D eigenvalue weighted by molar-refractivity contribution is 7.22. The molecule has 2 aliphatic heterocycles. The quantitative estimate of drug-likeness (QED) is 0.646. The average molecular weight is 398 g/mol. The molecule has 2 aromatic carbocycles. The van der Waals surface area contributed by atoms with Gasteiger partial charge in [-0.15, -0.1) is 0 Å². The van der Waals surface area contributed by atoms with Crippen LogP contribution in [0.25, 0.3) is 10.2 Å². The van der Waals surface area contributed by atoms with Gasteiger partial charge < -0.3 is 9.64 Å². The van der Waals surface area contributed by atoms with Crippen molar-refractivity contribution in [2.45, 2.75) is 25.5 Å². The van der Waals surface area contributed by atoms with Gasteiger partial charge in [-0.3, -0.25) is 4.90 Å². The summed E-state index contributed by atoms with van der Waals surface area (Å²) < 4.78 is 20.7. The van der Waals surface area contributed by atoms with Crippen LogP contribution in [-0.4, -0.2) is 42.8 Å². The minimum absolute atomic E-state index is 0.0130. The van der Waals surface area contributed by atoms with E-state index in [1.165, 1.54) is 10.8 Å². The van der Waals surface area contributed by atoms with Crippen molar-refractivity contribution in [3.8, 4) is 5.75 Å². The summed E-state index contributed by atoms with van der Waals surface area (Å²) in [6, 6.07) is 13.2. The van der Waals surface area contributed by atoms with Crippen LogP contribution in [0, 0.1) is 11.7 Å². The minimum atomic E-state index is -0.187. The molecule has 0 saturated carbocycles. The van der Waals surface area contributed by atoms with Crippen LogP contribution in [-0.2, 0) is 6.42 Å². The Morgan fingerprint density at radius 2 is 2.04 bits per heavy atom. The van der Waals surface area contributed by atoms with Crippen molar-refractivity contribution in [2.75, 3.05) is 31.6 Å². The van der Waals surface area contributed by atoms with Gasteiger partial charge in [-0.1, -0.05) is 23.5 Å². The molecule has 0 aliphatic carbocycles. The normalized spacial score (nSPS) is 20.0. The van der Waals surface area contributed by atoms with Crippen LogP contribution in [0.3, 0.4) is 0 Å². The number of para-hydroxylation sites is 1. The number of nitrogens with zero attached hydrogens (tertiary/aromatic N) is 3. The first-order valence-electron chi connectivity index (χ1n) is 9.91. The molecule has 1 fully saturated rings. The molecule has 0 radical (unpaired) electrons. The number of ether oxygens (including phenoxy) is 1. The van der Waals surface area contributed by atoms with Gasteiger partial charge in [-0.2, -0.15) is 0 Å². The maximum Gasteiger partial charge on any atom is 0.186 e. The Morgan fingerprint density at radius 3 is 2.86 bits per heavy atom. The summed E-state index contributed by atoms with van der Waals surface area (Å²) in [6.07, 6.45) is 3.09. The SMILES string of the molecule is CN(CC1CCN(c2nc3ccccc3s2)CC1)C1Cc2cc(F)ccc2O1. The fourth-order valence-electron chi connectivity index (χ4n) is 4.27. The highest BCUT2D eigenvalue weighted by Crippen LogP contribution is 2.33. The Morgan fingerprint density at radius 1 is 1.21 bits per heavy atom. The van der Waals surface area contributed by atoms with E-state index < -0.39 is 0 Å². The lowest BCUT2D eigenvalue weighted by molar-refractivity contribution is 0.0490. The molecule has 28 heavy (non-hydrogen) atoms. The number of hydrogen-bond acceptors (Lipinski definition) is 5. The van der Waals surface area contributed by atoms with Gasteiger partial charge in [-0.05, 0) is 56.1 Å². The van der Waals surface area contributed by atoms with Crippen LogP contribution in [0.4, 0.5) is 9.52 Å². The first kappa shape index (κ1) is 17.9. The Labute approximate surface area is 168 Å². The van der Waals surface area contributed by atoms with Gasteiger partial charge in [-0.25, -0.2) is 9.37 Å². The van der Waals surface area contributed by atoms with E-state index in [4.69, 9.17) is 9.72 Å². The van der Waals surface area contributed by atoms with Gasteiger partial charge >= 0.3 is 0 Å². The van der Waals surface area contributed by atoms with Crippen molar-refractivity contribution >= 4 is 26.7 Å². The van der Waals surface area contributed by atoms with E-state index in [2.05, 4.69) is 35.0 Å². The van der Waals surface area contributed by atoms with Gasteiger partial charge in [0, 0.05) is 31.6 Å². The van der Waals surface area contributed by atoms with Crippen molar-refractivity contribution in [2.24, 2.45) is 5.92 Å². The largest absolute Gasteiger partial charge is 0.474 e.